The monoisotopic (exact) mass is 332 g/mol. The normalized spacial score (nSPS) is 18.6. The molecular formula is C15H20N6OS. The van der Waals surface area contributed by atoms with E-state index in [4.69, 9.17) is 0 Å². The van der Waals surface area contributed by atoms with E-state index in [-0.39, 0.29) is 5.91 Å². The second-order valence-electron chi connectivity index (χ2n) is 5.90. The third-order valence-corrected chi connectivity index (χ3v) is 5.31. The van der Waals surface area contributed by atoms with Crippen LogP contribution in [-0.4, -0.2) is 58.7 Å². The van der Waals surface area contributed by atoms with Gasteiger partial charge in [-0.15, -0.1) is 11.3 Å². The van der Waals surface area contributed by atoms with E-state index in [1.165, 1.54) is 0 Å². The topological polar surface area (TPSA) is 77.2 Å². The van der Waals surface area contributed by atoms with Crippen molar-refractivity contribution in [2.75, 3.05) is 37.6 Å². The Kier molecular flexibility index (Phi) is 4.00. The Morgan fingerprint density at radius 3 is 3.09 bits per heavy atom. The lowest BCUT2D eigenvalue weighted by molar-refractivity contribution is 0.0759. The number of nitrogens with zero attached hydrogens (tertiary/aromatic N) is 4. The first-order valence-electron chi connectivity index (χ1n) is 8.03. The maximum Gasteiger partial charge on any atom is 0.274 e. The van der Waals surface area contributed by atoms with Crippen LogP contribution in [0.3, 0.4) is 0 Å². The maximum absolute atomic E-state index is 12.9. The molecule has 2 aliphatic rings. The number of hydrogen-bond acceptors (Lipinski definition) is 6. The number of anilines is 1. The molecule has 0 radical (unpaired) electrons. The SMILES string of the molecule is O=C(c1n[nH]c2c1CNCC2)N1CCCN(c2nccs2)CC1. The van der Waals surface area contributed by atoms with Gasteiger partial charge in [-0.05, 0) is 6.42 Å². The van der Waals surface area contributed by atoms with Crippen molar-refractivity contribution in [3.05, 3.63) is 28.5 Å². The number of rotatable bonds is 2. The fourth-order valence-corrected chi connectivity index (χ4v) is 3.93. The van der Waals surface area contributed by atoms with Gasteiger partial charge in [0.25, 0.3) is 5.91 Å². The van der Waals surface area contributed by atoms with Crippen molar-refractivity contribution in [2.24, 2.45) is 0 Å². The average molecular weight is 332 g/mol. The molecule has 23 heavy (non-hydrogen) atoms. The highest BCUT2D eigenvalue weighted by molar-refractivity contribution is 7.13. The molecule has 7 nitrogen and oxygen atoms in total. The molecule has 122 valence electrons. The van der Waals surface area contributed by atoms with E-state index in [2.05, 4.69) is 25.4 Å². The summed E-state index contributed by atoms with van der Waals surface area (Å²) < 4.78 is 0. The molecule has 1 saturated heterocycles. The number of nitrogens with one attached hydrogen (secondary N) is 2. The van der Waals surface area contributed by atoms with Crippen molar-refractivity contribution in [2.45, 2.75) is 19.4 Å². The summed E-state index contributed by atoms with van der Waals surface area (Å²) >= 11 is 1.65. The van der Waals surface area contributed by atoms with Crippen LogP contribution in [0.25, 0.3) is 0 Å². The lowest BCUT2D eigenvalue weighted by atomic mass is 10.1. The van der Waals surface area contributed by atoms with Crippen molar-refractivity contribution in [1.82, 2.24) is 25.4 Å². The molecule has 1 amide bonds. The minimum absolute atomic E-state index is 0.0483. The van der Waals surface area contributed by atoms with Crippen LogP contribution in [0.4, 0.5) is 5.13 Å². The first-order valence-corrected chi connectivity index (χ1v) is 8.91. The molecule has 2 N–H and O–H groups in total. The lowest BCUT2D eigenvalue weighted by Crippen LogP contribution is -2.36. The van der Waals surface area contributed by atoms with Gasteiger partial charge < -0.3 is 15.1 Å². The van der Waals surface area contributed by atoms with Crippen molar-refractivity contribution >= 4 is 22.4 Å². The summed E-state index contributed by atoms with van der Waals surface area (Å²) in [7, 11) is 0. The maximum atomic E-state index is 12.9. The molecule has 0 saturated carbocycles. The predicted octanol–water partition coefficient (Wildman–Crippen LogP) is 0.864. The molecular weight excluding hydrogens is 312 g/mol. The summed E-state index contributed by atoms with van der Waals surface area (Å²) in [6, 6.07) is 0. The van der Waals surface area contributed by atoms with Gasteiger partial charge in [-0.3, -0.25) is 9.89 Å². The first-order chi connectivity index (χ1) is 11.3. The highest BCUT2D eigenvalue weighted by Gasteiger charge is 2.27. The van der Waals surface area contributed by atoms with E-state index < -0.39 is 0 Å². The summed E-state index contributed by atoms with van der Waals surface area (Å²) in [6.07, 6.45) is 3.69. The molecule has 0 atom stereocenters. The highest BCUT2D eigenvalue weighted by Crippen LogP contribution is 2.21. The van der Waals surface area contributed by atoms with Gasteiger partial charge >= 0.3 is 0 Å². The fraction of sp³-hybridized carbons (Fsp3) is 0.533. The standard InChI is InChI=1S/C15H20N6OS/c22-14(13-11-10-16-3-2-12(11)18-19-13)20-5-1-6-21(8-7-20)15-17-4-9-23-15/h4,9,16H,1-3,5-8,10H2,(H,18,19). The second kappa shape index (κ2) is 6.29. The largest absolute Gasteiger partial charge is 0.346 e. The zero-order valence-electron chi connectivity index (χ0n) is 12.9. The molecule has 0 unspecified atom stereocenters. The number of hydrogen-bond donors (Lipinski definition) is 2. The summed E-state index contributed by atoms with van der Waals surface area (Å²) in [6.45, 7) is 4.92. The van der Waals surface area contributed by atoms with Crippen LogP contribution >= 0.6 is 11.3 Å². The van der Waals surface area contributed by atoms with E-state index >= 15 is 0 Å². The Balaban J connectivity index is 1.48. The number of aromatic amines is 1. The van der Waals surface area contributed by atoms with Gasteiger partial charge in [0, 0.05) is 68.5 Å². The molecule has 1 fully saturated rings. The van der Waals surface area contributed by atoms with E-state index in [9.17, 15) is 4.79 Å². The minimum atomic E-state index is 0.0483. The smallest absolute Gasteiger partial charge is 0.274 e. The lowest BCUT2D eigenvalue weighted by Gasteiger charge is -2.22. The number of aromatic nitrogens is 3. The van der Waals surface area contributed by atoms with Gasteiger partial charge in [0.05, 0.1) is 0 Å². The molecule has 0 aromatic carbocycles. The molecule has 0 spiro atoms. The number of amides is 1. The van der Waals surface area contributed by atoms with Crippen molar-refractivity contribution in [3.63, 3.8) is 0 Å². The van der Waals surface area contributed by atoms with Gasteiger partial charge in [-0.25, -0.2) is 4.98 Å². The Labute approximate surface area is 138 Å². The van der Waals surface area contributed by atoms with E-state index in [1.807, 2.05) is 16.5 Å². The Hall–Kier alpha value is -1.93. The predicted molar refractivity (Wildman–Crippen MR) is 88.8 cm³/mol. The van der Waals surface area contributed by atoms with Gasteiger partial charge in [0.2, 0.25) is 0 Å². The molecule has 2 aromatic rings. The average Bonchev–Trinajstić information content (AvgIpc) is 3.19. The van der Waals surface area contributed by atoms with Crippen molar-refractivity contribution in [1.29, 1.82) is 0 Å². The van der Waals surface area contributed by atoms with Crippen LogP contribution in [0.1, 0.15) is 28.2 Å². The zero-order chi connectivity index (χ0) is 15.6. The van der Waals surface area contributed by atoms with Gasteiger partial charge in [-0.1, -0.05) is 0 Å². The van der Waals surface area contributed by atoms with E-state index in [1.54, 1.807) is 11.3 Å². The van der Waals surface area contributed by atoms with Crippen LogP contribution < -0.4 is 10.2 Å². The highest BCUT2D eigenvalue weighted by atomic mass is 32.1. The molecule has 2 aromatic heterocycles. The summed E-state index contributed by atoms with van der Waals surface area (Å²) in [5.41, 5.74) is 2.74. The summed E-state index contributed by atoms with van der Waals surface area (Å²) in [4.78, 5) is 21.4. The van der Waals surface area contributed by atoms with Crippen molar-refractivity contribution in [3.8, 4) is 0 Å². The second-order valence-corrected chi connectivity index (χ2v) is 6.78. The Morgan fingerprint density at radius 1 is 1.26 bits per heavy atom. The third kappa shape index (κ3) is 2.84. The van der Waals surface area contributed by atoms with Gasteiger partial charge in [-0.2, -0.15) is 5.10 Å². The first kappa shape index (κ1) is 14.6. The van der Waals surface area contributed by atoms with Gasteiger partial charge in [0.1, 0.15) is 0 Å². The molecule has 0 aliphatic carbocycles. The summed E-state index contributed by atoms with van der Waals surface area (Å²) in [5.74, 6) is 0.0483. The number of carbonyl (C=O) groups excluding carboxylic acids is 1. The van der Waals surface area contributed by atoms with Crippen LogP contribution in [0, 0.1) is 0 Å². The van der Waals surface area contributed by atoms with Crippen LogP contribution in [-0.2, 0) is 13.0 Å². The van der Waals surface area contributed by atoms with Gasteiger partial charge in [0.15, 0.2) is 10.8 Å². The summed E-state index contributed by atoms with van der Waals surface area (Å²) in [5, 5.41) is 13.7. The van der Waals surface area contributed by atoms with Crippen LogP contribution in [0.2, 0.25) is 0 Å². The van der Waals surface area contributed by atoms with E-state index in [0.717, 1.165) is 62.0 Å². The minimum Gasteiger partial charge on any atom is -0.346 e. The van der Waals surface area contributed by atoms with Crippen LogP contribution in [0.15, 0.2) is 11.6 Å². The molecule has 4 heterocycles. The van der Waals surface area contributed by atoms with E-state index in [0.29, 0.717) is 12.2 Å². The van der Waals surface area contributed by atoms with Crippen LogP contribution in [0.5, 0.6) is 0 Å². The fourth-order valence-electron chi connectivity index (χ4n) is 3.24. The molecule has 4 rings (SSSR count). The molecule has 2 aliphatic heterocycles. The number of H-pyrrole nitrogens is 1. The third-order valence-electron chi connectivity index (χ3n) is 4.48. The Morgan fingerprint density at radius 2 is 2.22 bits per heavy atom. The number of carbonyl (C=O) groups is 1. The molecule has 0 bridgehead atoms. The zero-order valence-corrected chi connectivity index (χ0v) is 13.7. The van der Waals surface area contributed by atoms with Crippen molar-refractivity contribution < 1.29 is 4.79 Å². The number of fused-ring (bicyclic) bond motifs is 1. The number of thiazole rings is 1. The molecule has 8 heteroatoms. The quantitative estimate of drug-likeness (QED) is 0.853. The Bertz CT molecular complexity index is 682.